The predicted molar refractivity (Wildman–Crippen MR) is 54.0 cm³/mol. The molecular formula is C11H16O5. The Bertz CT molecular complexity index is 324. The van der Waals surface area contributed by atoms with Gasteiger partial charge in [0.15, 0.2) is 6.29 Å². The molecule has 0 aromatic carbocycles. The van der Waals surface area contributed by atoms with Crippen LogP contribution in [0.25, 0.3) is 0 Å². The fourth-order valence-corrected chi connectivity index (χ4v) is 2.69. The van der Waals surface area contributed by atoms with Gasteiger partial charge in [-0.2, -0.15) is 0 Å². The maximum absolute atomic E-state index is 11.5. The molecule has 0 spiro atoms. The van der Waals surface area contributed by atoms with Crippen molar-refractivity contribution in [3.05, 3.63) is 11.8 Å². The summed E-state index contributed by atoms with van der Waals surface area (Å²) >= 11 is 0. The lowest BCUT2D eigenvalue weighted by Gasteiger charge is -2.31. The second-order valence-electron chi connectivity index (χ2n) is 4.44. The van der Waals surface area contributed by atoms with Crippen molar-refractivity contribution in [3.63, 3.8) is 0 Å². The third-order valence-corrected chi connectivity index (χ3v) is 3.66. The van der Waals surface area contributed by atoms with Gasteiger partial charge < -0.3 is 19.7 Å². The van der Waals surface area contributed by atoms with Gasteiger partial charge in [-0.05, 0) is 12.3 Å². The quantitative estimate of drug-likeness (QED) is 0.619. The largest absolute Gasteiger partial charge is 0.472 e. The van der Waals surface area contributed by atoms with E-state index in [-0.39, 0.29) is 17.8 Å². The summed E-state index contributed by atoms with van der Waals surface area (Å²) in [5.41, 5.74) is 0.404. The molecule has 5 heteroatoms. The highest BCUT2D eigenvalue weighted by molar-refractivity contribution is 5.89. The van der Waals surface area contributed by atoms with E-state index in [4.69, 9.17) is 4.74 Å². The summed E-state index contributed by atoms with van der Waals surface area (Å²) in [6.07, 6.45) is 0.250. The van der Waals surface area contributed by atoms with Gasteiger partial charge >= 0.3 is 5.97 Å². The molecule has 0 saturated heterocycles. The van der Waals surface area contributed by atoms with Crippen LogP contribution < -0.4 is 0 Å². The normalized spacial score (nSPS) is 42.0. The van der Waals surface area contributed by atoms with Gasteiger partial charge in [-0.3, -0.25) is 0 Å². The first-order valence-electron chi connectivity index (χ1n) is 5.36. The van der Waals surface area contributed by atoms with E-state index in [2.05, 4.69) is 4.74 Å². The molecule has 5 nitrogen and oxygen atoms in total. The molecule has 90 valence electrons. The third kappa shape index (κ3) is 1.60. The summed E-state index contributed by atoms with van der Waals surface area (Å²) in [5.74, 6) is -0.966. The Balaban J connectivity index is 2.28. The number of carbonyl (C=O) groups excluding carboxylic acids is 1. The number of fused-ring (bicyclic) bond motifs is 1. The molecule has 1 heterocycles. The van der Waals surface area contributed by atoms with Crippen LogP contribution in [0.2, 0.25) is 0 Å². The highest BCUT2D eigenvalue weighted by atomic mass is 16.6. The minimum Gasteiger partial charge on any atom is -0.472 e. The van der Waals surface area contributed by atoms with Crippen molar-refractivity contribution < 1.29 is 24.5 Å². The first-order valence-corrected chi connectivity index (χ1v) is 5.36. The van der Waals surface area contributed by atoms with Crippen LogP contribution in [-0.2, 0) is 14.3 Å². The van der Waals surface area contributed by atoms with Gasteiger partial charge in [0, 0.05) is 11.8 Å². The maximum atomic E-state index is 11.5. The molecule has 16 heavy (non-hydrogen) atoms. The van der Waals surface area contributed by atoms with Gasteiger partial charge in [0.1, 0.15) is 0 Å². The van der Waals surface area contributed by atoms with Gasteiger partial charge in [0.25, 0.3) is 0 Å². The van der Waals surface area contributed by atoms with E-state index in [9.17, 15) is 15.0 Å². The number of esters is 1. The smallest absolute Gasteiger partial charge is 0.337 e. The standard InChI is InChI=1S/C11H16O5/c1-5-8(12)3-6-7(10(13)15-2)4-16-11(14)9(5)6/h4-6,8-9,11-12,14H,3H2,1-2H3/t5-,6+,8-,9+,11+/m0/s1. The van der Waals surface area contributed by atoms with Crippen molar-refractivity contribution >= 4 is 5.97 Å². The van der Waals surface area contributed by atoms with Crippen LogP contribution in [0, 0.1) is 17.8 Å². The molecule has 2 rings (SSSR count). The minimum absolute atomic E-state index is 0.0895. The molecule has 1 saturated carbocycles. The SMILES string of the molecule is COC(=O)C1=CO[C@@H](O)[C@@H]2[C@@H](C)[C@@H](O)C[C@H]12. The van der Waals surface area contributed by atoms with Gasteiger partial charge in [0.05, 0.1) is 25.0 Å². The molecule has 1 aliphatic heterocycles. The Morgan fingerprint density at radius 3 is 2.88 bits per heavy atom. The first kappa shape index (κ1) is 11.4. The summed E-state index contributed by atoms with van der Waals surface area (Å²) in [7, 11) is 1.30. The summed E-state index contributed by atoms with van der Waals surface area (Å²) in [6.45, 7) is 1.85. The van der Waals surface area contributed by atoms with E-state index >= 15 is 0 Å². The number of hydrogen-bond acceptors (Lipinski definition) is 5. The predicted octanol–water partition coefficient (Wildman–Crippen LogP) is 0.0250. The number of ether oxygens (including phenoxy) is 2. The number of methoxy groups -OCH3 is 1. The van der Waals surface area contributed by atoms with E-state index in [1.165, 1.54) is 13.4 Å². The van der Waals surface area contributed by atoms with Gasteiger partial charge in [-0.1, -0.05) is 6.92 Å². The molecule has 1 aliphatic carbocycles. The Kier molecular flexibility index (Phi) is 2.90. The van der Waals surface area contributed by atoms with Crippen LogP contribution in [0.3, 0.4) is 0 Å². The number of aliphatic hydroxyl groups excluding tert-OH is 2. The molecular weight excluding hydrogens is 212 g/mol. The van der Waals surface area contributed by atoms with E-state index in [0.29, 0.717) is 12.0 Å². The van der Waals surface area contributed by atoms with Gasteiger partial charge in [0.2, 0.25) is 0 Å². The molecule has 2 N–H and O–H groups in total. The zero-order valence-corrected chi connectivity index (χ0v) is 9.29. The second-order valence-corrected chi connectivity index (χ2v) is 4.44. The van der Waals surface area contributed by atoms with Crippen molar-refractivity contribution in [2.75, 3.05) is 7.11 Å². The van der Waals surface area contributed by atoms with E-state index in [1.807, 2.05) is 6.92 Å². The van der Waals surface area contributed by atoms with Crippen LogP contribution in [0.15, 0.2) is 11.8 Å². The topological polar surface area (TPSA) is 76.0 Å². The zero-order valence-electron chi connectivity index (χ0n) is 9.29. The maximum Gasteiger partial charge on any atom is 0.337 e. The first-order chi connectivity index (χ1) is 7.56. The monoisotopic (exact) mass is 228 g/mol. The summed E-state index contributed by atoms with van der Waals surface area (Å²) < 4.78 is 9.68. The van der Waals surface area contributed by atoms with Crippen molar-refractivity contribution in [1.29, 1.82) is 0 Å². The minimum atomic E-state index is -0.953. The fourth-order valence-electron chi connectivity index (χ4n) is 2.69. The number of aliphatic hydroxyl groups is 2. The molecule has 2 aliphatic rings. The Morgan fingerprint density at radius 1 is 1.56 bits per heavy atom. The van der Waals surface area contributed by atoms with Crippen molar-refractivity contribution in [2.24, 2.45) is 17.8 Å². The molecule has 0 unspecified atom stereocenters. The summed E-state index contributed by atoms with van der Waals surface area (Å²) in [6, 6.07) is 0. The molecule has 1 fully saturated rings. The van der Waals surface area contributed by atoms with Crippen LogP contribution in [0.4, 0.5) is 0 Å². The Hall–Kier alpha value is -1.07. The zero-order chi connectivity index (χ0) is 11.9. The van der Waals surface area contributed by atoms with E-state index in [0.717, 1.165) is 0 Å². The number of rotatable bonds is 1. The third-order valence-electron chi connectivity index (χ3n) is 3.66. The lowest BCUT2D eigenvalue weighted by molar-refractivity contribution is -0.145. The van der Waals surface area contributed by atoms with Gasteiger partial charge in [-0.15, -0.1) is 0 Å². The average molecular weight is 228 g/mol. The van der Waals surface area contributed by atoms with Crippen LogP contribution in [-0.4, -0.2) is 35.7 Å². The highest BCUT2D eigenvalue weighted by Crippen LogP contribution is 2.45. The molecule has 0 bridgehead atoms. The van der Waals surface area contributed by atoms with Crippen molar-refractivity contribution in [3.8, 4) is 0 Å². The molecule has 5 atom stereocenters. The average Bonchev–Trinajstić information content (AvgIpc) is 2.56. The van der Waals surface area contributed by atoms with Crippen LogP contribution in [0.5, 0.6) is 0 Å². The Morgan fingerprint density at radius 2 is 2.25 bits per heavy atom. The number of carbonyl (C=O) groups is 1. The second kappa shape index (κ2) is 4.07. The molecule has 0 aromatic heterocycles. The van der Waals surface area contributed by atoms with Crippen molar-refractivity contribution in [1.82, 2.24) is 0 Å². The lowest BCUT2D eigenvalue weighted by atomic mass is 9.83. The lowest BCUT2D eigenvalue weighted by Crippen LogP contribution is -2.36. The molecule has 0 aromatic rings. The highest BCUT2D eigenvalue weighted by Gasteiger charge is 2.49. The van der Waals surface area contributed by atoms with Crippen molar-refractivity contribution in [2.45, 2.75) is 25.7 Å². The van der Waals surface area contributed by atoms with Crippen LogP contribution in [0.1, 0.15) is 13.3 Å². The Labute approximate surface area is 93.7 Å². The van der Waals surface area contributed by atoms with Gasteiger partial charge in [-0.25, -0.2) is 4.79 Å². The van der Waals surface area contributed by atoms with E-state index in [1.54, 1.807) is 0 Å². The molecule has 0 amide bonds. The van der Waals surface area contributed by atoms with Crippen LogP contribution >= 0.6 is 0 Å². The summed E-state index contributed by atoms with van der Waals surface area (Å²) in [5, 5.41) is 19.5. The number of hydrogen-bond donors (Lipinski definition) is 2. The fraction of sp³-hybridized carbons (Fsp3) is 0.727. The molecule has 0 radical (unpaired) electrons. The van der Waals surface area contributed by atoms with E-state index < -0.39 is 18.4 Å². The summed E-state index contributed by atoms with van der Waals surface area (Å²) in [4.78, 5) is 11.5.